The minimum absolute atomic E-state index is 0.00602. The Hall–Kier alpha value is -1.75. The average Bonchev–Trinajstić information content (AvgIpc) is 2.94. The molecule has 0 bridgehead atoms. The Kier molecular flexibility index (Phi) is 4.27. The van der Waals surface area contributed by atoms with Gasteiger partial charge < -0.3 is 19.7 Å². The highest BCUT2D eigenvalue weighted by Gasteiger charge is 2.27. The maximum Gasteiger partial charge on any atom is 0.257 e. The van der Waals surface area contributed by atoms with E-state index < -0.39 is 0 Å². The molecule has 1 amide bonds. The Bertz CT molecular complexity index is 462. The lowest BCUT2D eigenvalue weighted by molar-refractivity contribution is 0.0786. The number of carbonyl (C=O) groups is 1. The third kappa shape index (κ3) is 2.81. The van der Waals surface area contributed by atoms with Crippen molar-refractivity contribution in [3.63, 3.8) is 0 Å². The van der Waals surface area contributed by atoms with Gasteiger partial charge in [0.05, 0.1) is 19.8 Å². The first-order valence-electron chi connectivity index (χ1n) is 6.38. The molecule has 1 N–H and O–H groups in total. The highest BCUT2D eigenvalue weighted by molar-refractivity contribution is 5.97. The molecule has 104 valence electrons. The number of methoxy groups -OCH3 is 2. The largest absolute Gasteiger partial charge is 0.497 e. The number of ether oxygens (including phenoxy) is 2. The second-order valence-electron chi connectivity index (χ2n) is 4.59. The molecular weight excluding hydrogens is 244 g/mol. The maximum absolute atomic E-state index is 12.5. The van der Waals surface area contributed by atoms with Gasteiger partial charge in [0.15, 0.2) is 0 Å². The van der Waals surface area contributed by atoms with Crippen molar-refractivity contribution in [2.24, 2.45) is 0 Å². The van der Waals surface area contributed by atoms with Crippen LogP contribution in [0.5, 0.6) is 11.5 Å². The van der Waals surface area contributed by atoms with Gasteiger partial charge in [-0.15, -0.1) is 0 Å². The molecule has 1 fully saturated rings. The molecule has 1 aliphatic heterocycles. The Morgan fingerprint density at radius 1 is 1.37 bits per heavy atom. The number of carbonyl (C=O) groups excluding carboxylic acids is 1. The summed E-state index contributed by atoms with van der Waals surface area (Å²) in [4.78, 5) is 14.4. The van der Waals surface area contributed by atoms with Crippen molar-refractivity contribution in [2.75, 3.05) is 34.4 Å². The monoisotopic (exact) mass is 264 g/mol. The molecule has 0 aromatic heterocycles. The molecule has 5 heteroatoms. The molecule has 5 nitrogen and oxygen atoms in total. The highest BCUT2D eigenvalue weighted by atomic mass is 16.5. The van der Waals surface area contributed by atoms with Gasteiger partial charge in [-0.3, -0.25) is 4.79 Å². The average molecular weight is 264 g/mol. The lowest BCUT2D eigenvalue weighted by Crippen LogP contribution is -2.33. The molecule has 1 unspecified atom stereocenters. The first kappa shape index (κ1) is 13.7. The first-order chi connectivity index (χ1) is 9.19. The van der Waals surface area contributed by atoms with E-state index in [0.29, 0.717) is 23.1 Å². The Morgan fingerprint density at radius 2 is 2.16 bits per heavy atom. The van der Waals surface area contributed by atoms with Crippen LogP contribution in [-0.4, -0.2) is 51.2 Å². The van der Waals surface area contributed by atoms with E-state index in [-0.39, 0.29) is 5.91 Å². The molecule has 1 aromatic rings. The van der Waals surface area contributed by atoms with Crippen molar-refractivity contribution in [1.82, 2.24) is 10.2 Å². The van der Waals surface area contributed by atoms with E-state index in [4.69, 9.17) is 9.47 Å². The number of rotatable bonds is 4. The van der Waals surface area contributed by atoms with Crippen molar-refractivity contribution >= 4 is 5.91 Å². The number of benzene rings is 1. The van der Waals surface area contributed by atoms with Crippen LogP contribution in [0, 0.1) is 0 Å². The van der Waals surface area contributed by atoms with Gasteiger partial charge in [-0.05, 0) is 31.7 Å². The summed E-state index contributed by atoms with van der Waals surface area (Å²) in [6.07, 6.45) is 0.981. The standard InChI is InChI=1S/C14H20N2O3/c1-15-10-6-7-16(9-10)14(17)12-8-11(18-2)4-5-13(12)19-3/h4-5,8,10,15H,6-7,9H2,1-3H3. The summed E-state index contributed by atoms with van der Waals surface area (Å²) in [7, 11) is 5.08. The zero-order valence-electron chi connectivity index (χ0n) is 11.6. The van der Waals surface area contributed by atoms with Crippen LogP contribution in [0.4, 0.5) is 0 Å². The van der Waals surface area contributed by atoms with Gasteiger partial charge >= 0.3 is 0 Å². The molecule has 19 heavy (non-hydrogen) atoms. The molecule has 0 spiro atoms. The minimum Gasteiger partial charge on any atom is -0.497 e. The van der Waals surface area contributed by atoms with E-state index in [1.54, 1.807) is 32.4 Å². The van der Waals surface area contributed by atoms with Gasteiger partial charge in [0.1, 0.15) is 11.5 Å². The molecule has 1 heterocycles. The number of amides is 1. The molecule has 1 aliphatic rings. The maximum atomic E-state index is 12.5. The van der Waals surface area contributed by atoms with E-state index in [0.717, 1.165) is 19.5 Å². The predicted octanol–water partition coefficient (Wildman–Crippen LogP) is 1.14. The van der Waals surface area contributed by atoms with Crippen molar-refractivity contribution in [3.05, 3.63) is 23.8 Å². The molecule has 0 radical (unpaired) electrons. The summed E-state index contributed by atoms with van der Waals surface area (Å²) in [6, 6.07) is 5.65. The zero-order valence-corrected chi connectivity index (χ0v) is 11.6. The fourth-order valence-electron chi connectivity index (χ4n) is 2.33. The lowest BCUT2D eigenvalue weighted by Gasteiger charge is -2.18. The SMILES string of the molecule is CNC1CCN(C(=O)c2cc(OC)ccc2OC)C1. The second-order valence-corrected chi connectivity index (χ2v) is 4.59. The number of likely N-dealkylation sites (N-methyl/N-ethyl adjacent to an activating group) is 1. The smallest absolute Gasteiger partial charge is 0.257 e. The van der Waals surface area contributed by atoms with Crippen molar-refractivity contribution in [3.8, 4) is 11.5 Å². The number of hydrogen-bond donors (Lipinski definition) is 1. The van der Waals surface area contributed by atoms with Crippen molar-refractivity contribution in [2.45, 2.75) is 12.5 Å². The molecule has 0 saturated carbocycles. The second kappa shape index (κ2) is 5.93. The fraction of sp³-hybridized carbons (Fsp3) is 0.500. The number of nitrogens with zero attached hydrogens (tertiary/aromatic N) is 1. The van der Waals surface area contributed by atoms with Crippen LogP contribution in [-0.2, 0) is 0 Å². The van der Waals surface area contributed by atoms with Crippen molar-refractivity contribution < 1.29 is 14.3 Å². The van der Waals surface area contributed by atoms with Crippen LogP contribution in [0.25, 0.3) is 0 Å². The number of hydrogen-bond acceptors (Lipinski definition) is 4. The molecule has 1 aromatic carbocycles. The van der Waals surface area contributed by atoms with Gasteiger partial charge in [0.2, 0.25) is 0 Å². The molecule has 1 saturated heterocycles. The summed E-state index contributed by atoms with van der Waals surface area (Å²) in [5.41, 5.74) is 0.554. The molecular formula is C14H20N2O3. The third-order valence-electron chi connectivity index (χ3n) is 3.52. The summed E-state index contributed by atoms with van der Waals surface area (Å²) in [6.45, 7) is 1.50. The zero-order chi connectivity index (χ0) is 13.8. The van der Waals surface area contributed by atoms with Crippen LogP contribution in [0.3, 0.4) is 0 Å². The van der Waals surface area contributed by atoms with Crippen LogP contribution in [0.1, 0.15) is 16.8 Å². The molecule has 2 rings (SSSR count). The normalized spacial score (nSPS) is 18.5. The summed E-state index contributed by atoms with van der Waals surface area (Å²) < 4.78 is 10.4. The summed E-state index contributed by atoms with van der Waals surface area (Å²) >= 11 is 0. The fourth-order valence-corrected chi connectivity index (χ4v) is 2.33. The Labute approximate surface area is 113 Å². The first-order valence-corrected chi connectivity index (χ1v) is 6.38. The van der Waals surface area contributed by atoms with Crippen LogP contribution in [0.15, 0.2) is 18.2 Å². The van der Waals surface area contributed by atoms with Gasteiger partial charge in [-0.25, -0.2) is 0 Å². The van der Waals surface area contributed by atoms with Crippen molar-refractivity contribution in [1.29, 1.82) is 0 Å². The number of likely N-dealkylation sites (tertiary alicyclic amines) is 1. The predicted molar refractivity (Wildman–Crippen MR) is 72.9 cm³/mol. The van der Waals surface area contributed by atoms with E-state index in [1.165, 1.54) is 0 Å². The Morgan fingerprint density at radius 3 is 2.74 bits per heavy atom. The minimum atomic E-state index is -0.00602. The van der Waals surface area contributed by atoms with Gasteiger partial charge in [-0.2, -0.15) is 0 Å². The summed E-state index contributed by atoms with van der Waals surface area (Å²) in [5.74, 6) is 1.24. The van der Waals surface area contributed by atoms with Crippen LogP contribution >= 0.6 is 0 Å². The number of nitrogens with one attached hydrogen (secondary N) is 1. The highest BCUT2D eigenvalue weighted by Crippen LogP contribution is 2.26. The Balaban J connectivity index is 2.22. The topological polar surface area (TPSA) is 50.8 Å². The quantitative estimate of drug-likeness (QED) is 0.886. The van der Waals surface area contributed by atoms with Gasteiger partial charge in [-0.1, -0.05) is 0 Å². The van der Waals surface area contributed by atoms with Gasteiger partial charge in [0, 0.05) is 19.1 Å². The summed E-state index contributed by atoms with van der Waals surface area (Å²) in [5, 5.41) is 3.20. The third-order valence-corrected chi connectivity index (χ3v) is 3.52. The molecule has 0 aliphatic carbocycles. The van der Waals surface area contributed by atoms with Crippen LogP contribution < -0.4 is 14.8 Å². The molecule has 1 atom stereocenters. The van der Waals surface area contributed by atoms with E-state index in [2.05, 4.69) is 5.32 Å². The van der Waals surface area contributed by atoms with E-state index >= 15 is 0 Å². The van der Waals surface area contributed by atoms with Crippen LogP contribution in [0.2, 0.25) is 0 Å². The van der Waals surface area contributed by atoms with E-state index in [1.807, 2.05) is 11.9 Å². The van der Waals surface area contributed by atoms with Gasteiger partial charge in [0.25, 0.3) is 5.91 Å². The van der Waals surface area contributed by atoms with E-state index in [9.17, 15) is 4.79 Å². The lowest BCUT2D eigenvalue weighted by atomic mass is 10.1.